The van der Waals surface area contributed by atoms with Crippen molar-refractivity contribution < 1.29 is 17.9 Å². The second-order valence-corrected chi connectivity index (χ2v) is 8.88. The fourth-order valence-electron chi connectivity index (χ4n) is 3.81. The number of fused-ring (bicyclic) bond motifs is 3. The monoisotopic (exact) mass is 357 g/mol. The molecule has 2 aliphatic rings. The lowest BCUT2D eigenvalue weighted by Gasteiger charge is -2.40. The lowest BCUT2D eigenvalue weighted by Crippen LogP contribution is -2.51. The third-order valence-electron chi connectivity index (χ3n) is 4.97. The van der Waals surface area contributed by atoms with Gasteiger partial charge in [-0.15, -0.1) is 0 Å². The first kappa shape index (κ1) is 16.3. The Bertz CT molecular complexity index is 937. The molecular formula is C19H19NO4S. The van der Waals surface area contributed by atoms with Crippen LogP contribution in [0.15, 0.2) is 59.5 Å². The number of amides is 1. The minimum absolute atomic E-state index is 0.152. The van der Waals surface area contributed by atoms with Crippen LogP contribution in [-0.2, 0) is 19.4 Å². The van der Waals surface area contributed by atoms with Gasteiger partial charge in [-0.3, -0.25) is 4.79 Å². The quantitative estimate of drug-likeness (QED) is 0.829. The molecule has 0 spiro atoms. The zero-order valence-electron chi connectivity index (χ0n) is 14.0. The molecule has 1 amide bonds. The molecule has 6 heteroatoms. The predicted molar refractivity (Wildman–Crippen MR) is 92.4 cm³/mol. The van der Waals surface area contributed by atoms with Crippen molar-refractivity contribution in [3.63, 3.8) is 0 Å². The fraction of sp³-hybridized carbons (Fsp3) is 0.316. The molecule has 0 bridgehead atoms. The van der Waals surface area contributed by atoms with Crippen molar-refractivity contribution in [2.45, 2.75) is 35.8 Å². The van der Waals surface area contributed by atoms with Gasteiger partial charge < -0.3 is 9.64 Å². The highest BCUT2D eigenvalue weighted by Gasteiger charge is 2.54. The number of nitrogens with zero attached hydrogens (tertiary/aromatic N) is 1. The Kier molecular flexibility index (Phi) is 3.53. The molecule has 25 heavy (non-hydrogen) atoms. The number of carbonyl (C=O) groups excluding carboxylic acids is 1. The maximum Gasteiger partial charge on any atom is 0.248 e. The van der Waals surface area contributed by atoms with Gasteiger partial charge in [-0.2, -0.15) is 0 Å². The van der Waals surface area contributed by atoms with E-state index in [1.165, 1.54) is 12.1 Å². The highest BCUT2D eigenvalue weighted by Crippen LogP contribution is 2.48. The van der Waals surface area contributed by atoms with Crippen molar-refractivity contribution >= 4 is 15.7 Å². The molecule has 130 valence electrons. The summed E-state index contributed by atoms with van der Waals surface area (Å²) in [6.07, 6.45) is 0. The molecule has 2 aromatic carbocycles. The van der Waals surface area contributed by atoms with Crippen LogP contribution < -0.4 is 0 Å². The second-order valence-electron chi connectivity index (χ2n) is 6.85. The third-order valence-corrected chi connectivity index (χ3v) is 6.97. The van der Waals surface area contributed by atoms with E-state index in [0.717, 1.165) is 5.56 Å². The van der Waals surface area contributed by atoms with Gasteiger partial charge in [0, 0.05) is 0 Å². The first-order chi connectivity index (χ1) is 11.8. The molecule has 0 aliphatic carbocycles. The first-order valence-electron chi connectivity index (χ1n) is 8.19. The van der Waals surface area contributed by atoms with Crippen molar-refractivity contribution in [3.8, 4) is 0 Å². The largest absolute Gasteiger partial charge is 0.354 e. The number of hydrogen-bond donors (Lipinski definition) is 0. The van der Waals surface area contributed by atoms with Crippen LogP contribution in [0.25, 0.3) is 0 Å². The lowest BCUT2D eigenvalue weighted by molar-refractivity contribution is -0.146. The van der Waals surface area contributed by atoms with Gasteiger partial charge in [0.2, 0.25) is 5.91 Å². The van der Waals surface area contributed by atoms with Crippen molar-refractivity contribution in [3.05, 3.63) is 65.7 Å². The van der Waals surface area contributed by atoms with Crippen molar-refractivity contribution in [2.75, 3.05) is 6.61 Å². The van der Waals surface area contributed by atoms with Gasteiger partial charge in [0.15, 0.2) is 15.1 Å². The van der Waals surface area contributed by atoms with Gasteiger partial charge in [-0.25, -0.2) is 8.42 Å². The highest BCUT2D eigenvalue weighted by atomic mass is 32.2. The maximum atomic E-state index is 13.3. The summed E-state index contributed by atoms with van der Waals surface area (Å²) < 4.78 is 32.3. The van der Waals surface area contributed by atoms with E-state index in [9.17, 15) is 13.2 Å². The zero-order valence-corrected chi connectivity index (χ0v) is 14.9. The minimum atomic E-state index is -3.86. The number of sulfone groups is 1. The molecule has 2 heterocycles. The Labute approximate surface area is 147 Å². The van der Waals surface area contributed by atoms with Crippen LogP contribution in [0.3, 0.4) is 0 Å². The number of benzene rings is 2. The molecule has 1 saturated heterocycles. The molecule has 0 aromatic heterocycles. The average molecular weight is 357 g/mol. The maximum absolute atomic E-state index is 13.3. The predicted octanol–water partition coefficient (Wildman–Crippen LogP) is 2.85. The van der Waals surface area contributed by atoms with E-state index in [1.807, 2.05) is 12.1 Å². The minimum Gasteiger partial charge on any atom is -0.354 e. The molecule has 2 aromatic rings. The van der Waals surface area contributed by atoms with E-state index in [-0.39, 0.29) is 10.9 Å². The molecule has 0 saturated carbocycles. The van der Waals surface area contributed by atoms with E-state index in [0.29, 0.717) is 12.2 Å². The van der Waals surface area contributed by atoms with Gasteiger partial charge in [-0.05, 0) is 37.1 Å². The molecule has 0 N–H and O–H groups in total. The number of ether oxygens (including phenoxy) is 1. The standard InChI is InChI=1S/C19H19NO4S/c1-19(2)20-16(12-24-19)14-10-6-7-11-15(14)17(18(20)21)25(22,23)13-8-4-3-5-9-13/h3-11,16-17H,12H2,1-2H3. The summed E-state index contributed by atoms with van der Waals surface area (Å²) >= 11 is 0. The number of hydrogen-bond acceptors (Lipinski definition) is 4. The summed E-state index contributed by atoms with van der Waals surface area (Å²) in [5, 5.41) is -1.25. The van der Waals surface area contributed by atoms with Crippen LogP contribution in [-0.4, -0.2) is 31.6 Å². The van der Waals surface area contributed by atoms with Crippen LogP contribution in [0.2, 0.25) is 0 Å². The Hall–Kier alpha value is -2.18. The topological polar surface area (TPSA) is 63.7 Å². The van der Waals surface area contributed by atoms with Crippen LogP contribution in [0.1, 0.15) is 36.3 Å². The second kappa shape index (κ2) is 5.41. The average Bonchev–Trinajstić information content (AvgIpc) is 2.92. The first-order valence-corrected chi connectivity index (χ1v) is 9.73. The van der Waals surface area contributed by atoms with Gasteiger partial charge in [0.1, 0.15) is 5.72 Å². The summed E-state index contributed by atoms with van der Waals surface area (Å²) in [7, 11) is -3.86. The Balaban J connectivity index is 1.94. The molecule has 2 aliphatic heterocycles. The molecular weight excluding hydrogens is 338 g/mol. The van der Waals surface area contributed by atoms with E-state index in [1.54, 1.807) is 49.1 Å². The van der Waals surface area contributed by atoms with Crippen molar-refractivity contribution in [1.29, 1.82) is 0 Å². The van der Waals surface area contributed by atoms with Gasteiger partial charge in [-0.1, -0.05) is 42.5 Å². The molecule has 2 atom stereocenters. The fourth-order valence-corrected chi connectivity index (χ4v) is 5.55. The Morgan fingerprint density at radius 3 is 2.28 bits per heavy atom. The van der Waals surface area contributed by atoms with Gasteiger partial charge in [0.25, 0.3) is 0 Å². The summed E-state index contributed by atoms with van der Waals surface area (Å²) in [4.78, 5) is 15.0. The summed E-state index contributed by atoms with van der Waals surface area (Å²) in [5.41, 5.74) is 0.566. The van der Waals surface area contributed by atoms with E-state index >= 15 is 0 Å². The summed E-state index contributed by atoms with van der Waals surface area (Å²) in [6.45, 7) is 3.96. The molecule has 0 radical (unpaired) electrons. The summed E-state index contributed by atoms with van der Waals surface area (Å²) in [6, 6.07) is 15.2. The number of rotatable bonds is 2. The van der Waals surface area contributed by atoms with E-state index in [2.05, 4.69) is 0 Å². The lowest BCUT2D eigenvalue weighted by atomic mass is 9.92. The Morgan fingerprint density at radius 2 is 1.60 bits per heavy atom. The van der Waals surface area contributed by atoms with Crippen LogP contribution >= 0.6 is 0 Å². The van der Waals surface area contributed by atoms with Crippen molar-refractivity contribution in [2.24, 2.45) is 0 Å². The molecule has 1 fully saturated rings. The smallest absolute Gasteiger partial charge is 0.248 e. The summed E-state index contributed by atoms with van der Waals surface area (Å²) in [5.74, 6) is -0.421. The van der Waals surface area contributed by atoms with Gasteiger partial charge >= 0.3 is 0 Å². The van der Waals surface area contributed by atoms with Crippen LogP contribution in [0.4, 0.5) is 0 Å². The van der Waals surface area contributed by atoms with E-state index < -0.39 is 26.7 Å². The molecule has 2 unspecified atom stereocenters. The van der Waals surface area contributed by atoms with Crippen LogP contribution in [0.5, 0.6) is 0 Å². The highest BCUT2D eigenvalue weighted by molar-refractivity contribution is 7.92. The van der Waals surface area contributed by atoms with Crippen molar-refractivity contribution in [1.82, 2.24) is 4.90 Å². The van der Waals surface area contributed by atoms with E-state index in [4.69, 9.17) is 4.74 Å². The zero-order chi connectivity index (χ0) is 17.8. The molecule has 4 rings (SSSR count). The SMILES string of the molecule is CC1(C)OCC2c3ccccc3C(S(=O)(=O)c3ccccc3)C(=O)N21. The third kappa shape index (κ3) is 2.32. The number of carbonyl (C=O) groups is 1. The van der Waals surface area contributed by atoms with Crippen LogP contribution in [0, 0.1) is 0 Å². The normalized spacial score (nSPS) is 24.7. The molecule has 5 nitrogen and oxygen atoms in total. The van der Waals surface area contributed by atoms with Gasteiger partial charge in [0.05, 0.1) is 17.5 Å². The Morgan fingerprint density at radius 1 is 1.00 bits per heavy atom.